The molecule has 1 saturated heterocycles. The molecule has 0 aliphatic carbocycles. The van der Waals surface area contributed by atoms with E-state index < -0.39 is 52.4 Å². The highest BCUT2D eigenvalue weighted by molar-refractivity contribution is 6.32. The Hall–Kier alpha value is -3.62. The van der Waals surface area contributed by atoms with Crippen LogP contribution >= 0.6 is 11.6 Å². The van der Waals surface area contributed by atoms with Crippen LogP contribution in [0.3, 0.4) is 0 Å². The Morgan fingerprint density at radius 3 is 2.53 bits per heavy atom. The minimum absolute atomic E-state index is 0.0415. The van der Waals surface area contributed by atoms with Gasteiger partial charge in [-0.25, -0.2) is 9.59 Å². The molecule has 0 bridgehead atoms. The van der Waals surface area contributed by atoms with Gasteiger partial charge in [-0.05, 0) is 24.3 Å². The van der Waals surface area contributed by atoms with Gasteiger partial charge in [0, 0.05) is 25.6 Å². The Labute approximate surface area is 206 Å². The number of hydrogen-bond donors (Lipinski definition) is 0. The van der Waals surface area contributed by atoms with Crippen LogP contribution in [-0.2, 0) is 25.2 Å². The lowest BCUT2D eigenvalue weighted by molar-refractivity contribution is -0.385. The van der Waals surface area contributed by atoms with Gasteiger partial charge in [0.25, 0.3) is 5.69 Å². The van der Waals surface area contributed by atoms with E-state index in [9.17, 15) is 32.9 Å². The highest BCUT2D eigenvalue weighted by atomic mass is 35.5. The van der Waals surface area contributed by atoms with Crippen LogP contribution in [0.2, 0.25) is 5.02 Å². The maximum atomic E-state index is 12.8. The summed E-state index contributed by atoms with van der Waals surface area (Å²) in [6, 6.07) is 5.45. The van der Waals surface area contributed by atoms with Crippen LogP contribution in [0.5, 0.6) is 11.5 Å². The van der Waals surface area contributed by atoms with Crippen molar-refractivity contribution >= 4 is 29.4 Å². The molecule has 1 heterocycles. The molecule has 11 nitrogen and oxygen atoms in total. The molecule has 0 spiro atoms. The number of esters is 1. The molecule has 0 aromatic heterocycles. The molecule has 1 aliphatic heterocycles. The number of carbonyl (C=O) groups excluding carboxylic acids is 2. The highest BCUT2D eigenvalue weighted by Gasteiger charge is 2.34. The lowest BCUT2D eigenvalue weighted by Gasteiger charge is -2.16. The van der Waals surface area contributed by atoms with Crippen molar-refractivity contribution in [2.45, 2.75) is 25.0 Å². The van der Waals surface area contributed by atoms with Crippen LogP contribution in [0.15, 0.2) is 36.4 Å². The fourth-order valence-corrected chi connectivity index (χ4v) is 3.21. The average Bonchev–Trinajstić information content (AvgIpc) is 3.25. The van der Waals surface area contributed by atoms with Crippen molar-refractivity contribution < 1.29 is 51.5 Å². The van der Waals surface area contributed by atoms with Crippen LogP contribution in [-0.4, -0.2) is 55.2 Å². The van der Waals surface area contributed by atoms with E-state index in [1.165, 1.54) is 14.2 Å². The second kappa shape index (κ2) is 11.0. The van der Waals surface area contributed by atoms with Crippen LogP contribution in [0.25, 0.3) is 0 Å². The number of hydroxylamine groups is 2. The summed E-state index contributed by atoms with van der Waals surface area (Å²) in [6.45, 7) is -0.0983. The van der Waals surface area contributed by atoms with Crippen LogP contribution < -0.4 is 4.74 Å². The second-order valence-corrected chi connectivity index (χ2v) is 7.68. The van der Waals surface area contributed by atoms with Gasteiger partial charge in [0.05, 0.1) is 29.2 Å². The number of nitro groups is 1. The fourth-order valence-electron chi connectivity index (χ4n) is 2.99. The molecule has 3 rings (SSSR count). The van der Waals surface area contributed by atoms with E-state index in [-0.39, 0.29) is 29.5 Å². The molecule has 0 saturated carbocycles. The summed E-state index contributed by atoms with van der Waals surface area (Å²) in [5.74, 6) is -1.45. The maximum absolute atomic E-state index is 12.8. The molecule has 15 heteroatoms. The van der Waals surface area contributed by atoms with Gasteiger partial charge in [0.1, 0.15) is 23.2 Å². The van der Waals surface area contributed by atoms with Crippen molar-refractivity contribution in [2.24, 2.45) is 0 Å². The molecule has 1 fully saturated rings. The normalized spacial score (nSPS) is 17.4. The SMILES string of the molecule is CON(C)C(=O)OC1COC(OC(=O)c2cc(Oc3ccc(C(F)(F)F)cc3Cl)ccc2[N+](=O)[O-])C1. The Kier molecular flexibility index (Phi) is 8.22. The van der Waals surface area contributed by atoms with Crippen LogP contribution in [0.4, 0.5) is 23.7 Å². The summed E-state index contributed by atoms with van der Waals surface area (Å²) in [5, 5.41) is 11.9. The third-order valence-corrected chi connectivity index (χ3v) is 5.13. The highest BCUT2D eigenvalue weighted by Crippen LogP contribution is 2.37. The fraction of sp³-hybridized carbons (Fsp3) is 0.333. The third-order valence-electron chi connectivity index (χ3n) is 4.83. The third kappa shape index (κ3) is 6.53. The molecule has 2 atom stereocenters. The van der Waals surface area contributed by atoms with Gasteiger partial charge in [0.15, 0.2) is 0 Å². The Morgan fingerprint density at radius 1 is 1.19 bits per heavy atom. The number of carbonyl (C=O) groups is 2. The summed E-state index contributed by atoms with van der Waals surface area (Å²) < 4.78 is 59.5. The standard InChI is InChI=1S/C21H18ClF3N2O9/c1-26(32-2)20(29)35-13-9-18(33-10-13)36-19(28)14-8-12(4-5-16(14)27(30)31)34-17-6-3-11(7-15(17)22)21(23,24)25/h3-8,13,18H,9-10H2,1-2H3. The summed E-state index contributed by atoms with van der Waals surface area (Å²) >= 11 is 5.87. The van der Waals surface area contributed by atoms with E-state index in [0.29, 0.717) is 6.07 Å². The van der Waals surface area contributed by atoms with Crippen molar-refractivity contribution in [3.8, 4) is 11.5 Å². The van der Waals surface area contributed by atoms with Crippen molar-refractivity contribution in [3.63, 3.8) is 0 Å². The molecule has 1 aliphatic rings. The molecule has 2 aromatic rings. The van der Waals surface area contributed by atoms with Gasteiger partial charge >= 0.3 is 18.2 Å². The van der Waals surface area contributed by atoms with Gasteiger partial charge in [-0.1, -0.05) is 11.6 Å². The first-order valence-electron chi connectivity index (χ1n) is 10.0. The minimum atomic E-state index is -4.62. The lowest BCUT2D eigenvalue weighted by atomic mass is 10.1. The predicted molar refractivity (Wildman–Crippen MR) is 114 cm³/mol. The van der Waals surface area contributed by atoms with Crippen LogP contribution in [0, 0.1) is 10.1 Å². The van der Waals surface area contributed by atoms with Crippen molar-refractivity contribution in [1.29, 1.82) is 0 Å². The molecular weight excluding hydrogens is 517 g/mol. The molecule has 0 N–H and O–H groups in total. The molecular formula is C21H18ClF3N2O9. The van der Waals surface area contributed by atoms with Crippen molar-refractivity contribution in [2.75, 3.05) is 20.8 Å². The van der Waals surface area contributed by atoms with Crippen molar-refractivity contribution in [3.05, 3.63) is 62.7 Å². The molecule has 36 heavy (non-hydrogen) atoms. The van der Waals surface area contributed by atoms with E-state index in [4.69, 9.17) is 30.5 Å². The van der Waals surface area contributed by atoms with E-state index in [1.54, 1.807) is 0 Å². The molecule has 1 amide bonds. The number of ether oxygens (including phenoxy) is 4. The van der Waals surface area contributed by atoms with Crippen molar-refractivity contribution in [1.82, 2.24) is 5.06 Å². The monoisotopic (exact) mass is 534 g/mol. The summed E-state index contributed by atoms with van der Waals surface area (Å²) in [7, 11) is 2.58. The number of amides is 1. The number of hydrogen-bond acceptors (Lipinski definition) is 9. The van der Waals surface area contributed by atoms with Gasteiger partial charge in [-0.15, -0.1) is 0 Å². The van der Waals surface area contributed by atoms with Crippen LogP contribution in [0.1, 0.15) is 22.3 Å². The largest absolute Gasteiger partial charge is 0.456 e. The Balaban J connectivity index is 1.74. The first-order chi connectivity index (χ1) is 16.9. The summed E-state index contributed by atoms with van der Waals surface area (Å²) in [4.78, 5) is 39.7. The molecule has 2 aromatic carbocycles. The number of benzene rings is 2. The first kappa shape index (κ1) is 27.0. The van der Waals surface area contributed by atoms with Gasteiger partial charge < -0.3 is 18.9 Å². The molecule has 194 valence electrons. The van der Waals surface area contributed by atoms with E-state index >= 15 is 0 Å². The topological polar surface area (TPSA) is 127 Å². The number of rotatable bonds is 7. The predicted octanol–water partition coefficient (Wildman–Crippen LogP) is 4.96. The van der Waals surface area contributed by atoms with Gasteiger partial charge in [-0.2, -0.15) is 18.2 Å². The van der Waals surface area contributed by atoms with E-state index in [2.05, 4.69) is 4.84 Å². The zero-order valence-electron chi connectivity index (χ0n) is 18.6. The van der Waals surface area contributed by atoms with E-state index in [0.717, 1.165) is 35.4 Å². The zero-order valence-corrected chi connectivity index (χ0v) is 19.4. The zero-order chi connectivity index (χ0) is 26.6. The number of alkyl halides is 3. The average molecular weight is 535 g/mol. The number of nitro benzene ring substituents is 1. The van der Waals surface area contributed by atoms with Gasteiger partial charge in [-0.3, -0.25) is 15.0 Å². The quantitative estimate of drug-likeness (QED) is 0.275. The van der Waals surface area contributed by atoms with Gasteiger partial charge in [0.2, 0.25) is 6.29 Å². The minimum Gasteiger partial charge on any atom is -0.456 e. The summed E-state index contributed by atoms with van der Waals surface area (Å²) in [5.41, 5.74) is -2.13. The number of nitrogens with zero attached hydrogens (tertiary/aromatic N) is 2. The Bertz CT molecular complexity index is 1160. The Morgan fingerprint density at radius 2 is 1.92 bits per heavy atom. The first-order valence-corrected chi connectivity index (χ1v) is 10.4. The number of halogens is 4. The van der Waals surface area contributed by atoms with E-state index in [1.807, 2.05) is 0 Å². The smallest absolute Gasteiger partial charge is 0.434 e. The lowest BCUT2D eigenvalue weighted by Crippen LogP contribution is -2.30. The molecule has 2 unspecified atom stereocenters. The second-order valence-electron chi connectivity index (χ2n) is 7.27. The summed E-state index contributed by atoms with van der Waals surface area (Å²) in [6.07, 6.45) is -7.40. The molecule has 0 radical (unpaired) electrons. The maximum Gasteiger partial charge on any atom is 0.434 e.